The Hall–Kier alpha value is -3.38. The molecule has 0 bridgehead atoms. The van der Waals surface area contributed by atoms with E-state index >= 15 is 0 Å². The maximum absolute atomic E-state index is 14.0. The molecule has 1 amide bonds. The average Bonchev–Trinajstić information content (AvgIpc) is 3.33. The van der Waals surface area contributed by atoms with Crippen molar-refractivity contribution in [1.82, 2.24) is 24.8 Å². The average molecular weight is 517 g/mol. The second kappa shape index (κ2) is 11.3. The summed E-state index contributed by atoms with van der Waals surface area (Å²) in [6.45, 7) is 2.33. The number of anilines is 1. The minimum absolute atomic E-state index is 0.0575. The van der Waals surface area contributed by atoms with Crippen LogP contribution in [-0.2, 0) is 9.53 Å². The van der Waals surface area contributed by atoms with Crippen LogP contribution in [0.3, 0.4) is 0 Å². The van der Waals surface area contributed by atoms with Crippen molar-refractivity contribution in [2.24, 2.45) is 5.92 Å². The maximum Gasteiger partial charge on any atom is 0.296 e. The van der Waals surface area contributed by atoms with Crippen molar-refractivity contribution in [3.63, 3.8) is 0 Å². The first kappa shape index (κ1) is 25.3. The summed E-state index contributed by atoms with van der Waals surface area (Å²) >= 11 is 0. The van der Waals surface area contributed by atoms with Crippen molar-refractivity contribution in [2.75, 3.05) is 44.4 Å². The van der Waals surface area contributed by atoms with Gasteiger partial charge in [-0.15, -0.1) is 0 Å². The van der Waals surface area contributed by atoms with Gasteiger partial charge in [0, 0.05) is 31.6 Å². The molecule has 0 radical (unpaired) electrons. The van der Waals surface area contributed by atoms with E-state index in [9.17, 15) is 13.6 Å². The van der Waals surface area contributed by atoms with Gasteiger partial charge in [0.2, 0.25) is 17.7 Å². The maximum atomic E-state index is 14.0. The highest BCUT2D eigenvalue weighted by Crippen LogP contribution is 2.31. The lowest BCUT2D eigenvalue weighted by molar-refractivity contribution is -0.126. The molecule has 1 aliphatic carbocycles. The Morgan fingerprint density at radius 3 is 2.62 bits per heavy atom. The SMILES string of the molecule is O=C(NCCO)[C@H]1CC[C@H](Oc2cc(-n3c(C(F)F)nc4ccccc43)nc(N3CCOCC3)n2)CC1. The van der Waals surface area contributed by atoms with Gasteiger partial charge in [0.1, 0.15) is 11.9 Å². The predicted molar refractivity (Wildman–Crippen MR) is 131 cm³/mol. The number of morpholine rings is 1. The van der Waals surface area contributed by atoms with E-state index in [4.69, 9.17) is 14.6 Å². The number of aromatic nitrogens is 4. The Balaban J connectivity index is 1.44. The fourth-order valence-electron chi connectivity index (χ4n) is 4.85. The van der Waals surface area contributed by atoms with Crippen molar-refractivity contribution in [3.05, 3.63) is 36.2 Å². The number of carbonyl (C=O) groups is 1. The summed E-state index contributed by atoms with van der Waals surface area (Å²) in [5, 5.41) is 11.7. The number of para-hydroxylation sites is 2. The van der Waals surface area contributed by atoms with Gasteiger partial charge in [-0.1, -0.05) is 12.1 Å². The van der Waals surface area contributed by atoms with E-state index < -0.39 is 12.2 Å². The first-order chi connectivity index (χ1) is 18.0. The molecule has 12 heteroatoms. The summed E-state index contributed by atoms with van der Waals surface area (Å²) in [4.78, 5) is 27.6. The van der Waals surface area contributed by atoms with Crippen LogP contribution in [0.15, 0.2) is 30.3 Å². The van der Waals surface area contributed by atoms with Crippen molar-refractivity contribution >= 4 is 22.9 Å². The van der Waals surface area contributed by atoms with E-state index in [-0.39, 0.29) is 42.8 Å². The highest BCUT2D eigenvalue weighted by atomic mass is 19.3. The van der Waals surface area contributed by atoms with E-state index in [0.717, 1.165) is 0 Å². The summed E-state index contributed by atoms with van der Waals surface area (Å²) in [7, 11) is 0. The molecule has 5 rings (SSSR count). The van der Waals surface area contributed by atoms with Crippen LogP contribution in [0.5, 0.6) is 5.88 Å². The normalized spacial score (nSPS) is 20.4. The quantitative estimate of drug-likeness (QED) is 0.470. The van der Waals surface area contributed by atoms with Crippen LogP contribution < -0.4 is 15.0 Å². The van der Waals surface area contributed by atoms with E-state index in [1.807, 2.05) is 4.90 Å². The van der Waals surface area contributed by atoms with Crippen LogP contribution in [0.4, 0.5) is 14.7 Å². The molecular formula is C25H30F2N6O4. The Labute approximate surface area is 212 Å². The monoisotopic (exact) mass is 516 g/mol. The largest absolute Gasteiger partial charge is 0.474 e. The molecule has 0 unspecified atom stereocenters. The van der Waals surface area contributed by atoms with Gasteiger partial charge in [-0.3, -0.25) is 9.36 Å². The van der Waals surface area contributed by atoms with Gasteiger partial charge < -0.3 is 24.8 Å². The molecule has 3 heterocycles. The van der Waals surface area contributed by atoms with Gasteiger partial charge in [-0.05, 0) is 37.8 Å². The number of halogens is 2. The minimum atomic E-state index is -2.80. The zero-order chi connectivity index (χ0) is 25.8. The van der Waals surface area contributed by atoms with Crippen LogP contribution in [0.2, 0.25) is 0 Å². The zero-order valence-electron chi connectivity index (χ0n) is 20.4. The van der Waals surface area contributed by atoms with E-state index in [0.29, 0.717) is 69.0 Å². The van der Waals surface area contributed by atoms with Crippen LogP contribution in [0.25, 0.3) is 16.9 Å². The zero-order valence-corrected chi connectivity index (χ0v) is 20.4. The third-order valence-corrected chi connectivity index (χ3v) is 6.73. The van der Waals surface area contributed by atoms with Gasteiger partial charge in [0.25, 0.3) is 6.43 Å². The van der Waals surface area contributed by atoms with Gasteiger partial charge in [0.05, 0.1) is 30.9 Å². The van der Waals surface area contributed by atoms with E-state index in [1.165, 1.54) is 4.57 Å². The van der Waals surface area contributed by atoms with Gasteiger partial charge in [-0.2, -0.15) is 9.97 Å². The number of benzene rings is 1. The van der Waals surface area contributed by atoms with Gasteiger partial charge >= 0.3 is 0 Å². The summed E-state index contributed by atoms with van der Waals surface area (Å²) in [5.41, 5.74) is 0.967. The molecule has 37 heavy (non-hydrogen) atoms. The first-order valence-corrected chi connectivity index (χ1v) is 12.6. The van der Waals surface area contributed by atoms with Crippen LogP contribution in [0.1, 0.15) is 37.9 Å². The fourth-order valence-corrected chi connectivity index (χ4v) is 4.85. The number of nitrogens with zero attached hydrogens (tertiary/aromatic N) is 5. The second-order valence-electron chi connectivity index (χ2n) is 9.16. The first-order valence-electron chi connectivity index (χ1n) is 12.6. The number of hydrogen-bond donors (Lipinski definition) is 2. The standard InChI is InChI=1S/C25H30F2N6O4/c26-22(27)23-29-18-3-1-2-4-19(18)33(23)20-15-21(31-25(30-20)32-10-13-36-14-11-32)37-17-7-5-16(6-8-17)24(35)28-9-12-34/h1-4,15-17,22,34H,5-14H2,(H,28,35)/t16-,17-. The molecule has 10 nitrogen and oxygen atoms in total. The molecule has 1 aromatic carbocycles. The Kier molecular flexibility index (Phi) is 7.75. The number of fused-ring (bicyclic) bond motifs is 1. The number of alkyl halides is 2. The molecule has 1 aliphatic heterocycles. The molecule has 3 aromatic rings. The predicted octanol–water partition coefficient (Wildman–Crippen LogP) is 2.64. The smallest absolute Gasteiger partial charge is 0.296 e. The number of amides is 1. The third kappa shape index (κ3) is 5.64. The number of ether oxygens (including phenoxy) is 2. The van der Waals surface area contributed by atoms with Crippen molar-refractivity contribution in [2.45, 2.75) is 38.2 Å². The molecule has 2 fully saturated rings. The molecular weight excluding hydrogens is 486 g/mol. The molecule has 0 spiro atoms. The third-order valence-electron chi connectivity index (χ3n) is 6.73. The van der Waals surface area contributed by atoms with Crippen LogP contribution in [0, 0.1) is 5.92 Å². The Morgan fingerprint density at radius 2 is 1.89 bits per heavy atom. The Bertz CT molecular complexity index is 1230. The van der Waals surface area contributed by atoms with Crippen molar-refractivity contribution < 1.29 is 28.2 Å². The summed E-state index contributed by atoms with van der Waals surface area (Å²) < 4.78 is 41.1. The lowest BCUT2D eigenvalue weighted by Gasteiger charge is -2.29. The van der Waals surface area contributed by atoms with Crippen LogP contribution >= 0.6 is 0 Å². The number of hydrogen-bond acceptors (Lipinski definition) is 8. The number of nitrogens with one attached hydrogen (secondary N) is 1. The van der Waals surface area contributed by atoms with Crippen molar-refractivity contribution in [1.29, 1.82) is 0 Å². The lowest BCUT2D eigenvalue weighted by atomic mass is 9.87. The molecule has 2 aromatic heterocycles. The number of aliphatic hydroxyl groups is 1. The summed E-state index contributed by atoms with van der Waals surface area (Å²) in [6, 6.07) is 8.52. The minimum Gasteiger partial charge on any atom is -0.474 e. The number of rotatable bonds is 8. The highest BCUT2D eigenvalue weighted by molar-refractivity contribution is 5.79. The van der Waals surface area contributed by atoms with Crippen molar-refractivity contribution in [3.8, 4) is 11.7 Å². The Morgan fingerprint density at radius 1 is 1.14 bits per heavy atom. The molecule has 2 aliphatic rings. The second-order valence-corrected chi connectivity index (χ2v) is 9.16. The van der Waals surface area contributed by atoms with Crippen LogP contribution in [-0.4, -0.2) is 76.1 Å². The topological polar surface area (TPSA) is 115 Å². The summed E-state index contributed by atoms with van der Waals surface area (Å²) in [5.74, 6) is 0.351. The highest BCUT2D eigenvalue weighted by Gasteiger charge is 2.29. The molecule has 2 N–H and O–H groups in total. The lowest BCUT2D eigenvalue weighted by Crippen LogP contribution is -2.38. The number of imidazole rings is 1. The van der Waals surface area contributed by atoms with E-state index in [1.54, 1.807) is 30.3 Å². The molecule has 1 saturated heterocycles. The molecule has 1 saturated carbocycles. The fraction of sp³-hybridized carbons (Fsp3) is 0.520. The molecule has 198 valence electrons. The summed E-state index contributed by atoms with van der Waals surface area (Å²) in [6.07, 6.45) is -0.364. The number of carbonyl (C=O) groups excluding carboxylic acids is 1. The van der Waals surface area contributed by atoms with E-state index in [2.05, 4.69) is 20.3 Å². The molecule has 0 atom stereocenters. The van der Waals surface area contributed by atoms with Gasteiger partial charge in [-0.25, -0.2) is 13.8 Å². The number of aliphatic hydroxyl groups excluding tert-OH is 1. The van der Waals surface area contributed by atoms with Gasteiger partial charge in [0.15, 0.2) is 5.82 Å².